The average Bonchev–Trinajstić information content (AvgIpc) is 2.39. The van der Waals surface area contributed by atoms with Gasteiger partial charge in [0.05, 0.1) is 17.6 Å². The van der Waals surface area contributed by atoms with Crippen LogP contribution in [-0.2, 0) is 4.79 Å². The van der Waals surface area contributed by atoms with Crippen molar-refractivity contribution in [1.82, 2.24) is 0 Å². The standard InChI is InChI=1S/C13H15N3O/c14-8-10-3-5-12(6-4-10)16-7-1-2-11(9-16)13(15)17/h3-6,11H,1-2,7,9H2,(H2,15,17)/t11-/m1/s1. The second-order valence-electron chi connectivity index (χ2n) is 4.35. The van der Waals surface area contributed by atoms with E-state index in [0.29, 0.717) is 12.1 Å². The van der Waals surface area contributed by atoms with Gasteiger partial charge >= 0.3 is 0 Å². The molecular weight excluding hydrogens is 214 g/mol. The molecule has 0 aliphatic carbocycles. The number of nitriles is 1. The predicted molar refractivity (Wildman–Crippen MR) is 65.3 cm³/mol. The highest BCUT2D eigenvalue weighted by Crippen LogP contribution is 2.23. The minimum absolute atomic E-state index is 0.0561. The highest BCUT2D eigenvalue weighted by molar-refractivity contribution is 5.77. The number of carbonyl (C=O) groups is 1. The first-order valence-electron chi connectivity index (χ1n) is 5.75. The van der Waals surface area contributed by atoms with Crippen LogP contribution in [0.2, 0.25) is 0 Å². The molecule has 2 N–H and O–H groups in total. The van der Waals surface area contributed by atoms with Gasteiger partial charge in [-0.25, -0.2) is 0 Å². The molecule has 1 aliphatic heterocycles. The van der Waals surface area contributed by atoms with Gasteiger partial charge in [0.15, 0.2) is 0 Å². The number of nitrogens with zero attached hydrogens (tertiary/aromatic N) is 2. The topological polar surface area (TPSA) is 70.1 Å². The van der Waals surface area contributed by atoms with E-state index < -0.39 is 0 Å². The Morgan fingerprint density at radius 3 is 2.71 bits per heavy atom. The number of nitrogens with two attached hydrogens (primary N) is 1. The summed E-state index contributed by atoms with van der Waals surface area (Å²) in [4.78, 5) is 13.3. The van der Waals surface area contributed by atoms with Crippen molar-refractivity contribution in [2.24, 2.45) is 11.7 Å². The zero-order chi connectivity index (χ0) is 12.3. The third-order valence-electron chi connectivity index (χ3n) is 3.19. The van der Waals surface area contributed by atoms with Crippen molar-refractivity contribution in [3.63, 3.8) is 0 Å². The average molecular weight is 229 g/mol. The van der Waals surface area contributed by atoms with E-state index in [0.717, 1.165) is 25.1 Å². The van der Waals surface area contributed by atoms with Gasteiger partial charge in [0.1, 0.15) is 0 Å². The molecule has 1 aliphatic rings. The zero-order valence-electron chi connectivity index (χ0n) is 9.60. The quantitative estimate of drug-likeness (QED) is 0.830. The van der Waals surface area contributed by atoms with Gasteiger partial charge in [-0.3, -0.25) is 4.79 Å². The summed E-state index contributed by atoms with van der Waals surface area (Å²) in [6.45, 7) is 1.62. The summed E-state index contributed by atoms with van der Waals surface area (Å²) in [5, 5.41) is 8.73. The Morgan fingerprint density at radius 2 is 2.12 bits per heavy atom. The lowest BCUT2D eigenvalue weighted by molar-refractivity contribution is -0.122. The first-order valence-corrected chi connectivity index (χ1v) is 5.75. The van der Waals surface area contributed by atoms with Gasteiger partial charge in [-0.2, -0.15) is 5.26 Å². The monoisotopic (exact) mass is 229 g/mol. The lowest BCUT2D eigenvalue weighted by atomic mass is 9.97. The van der Waals surface area contributed by atoms with Crippen LogP contribution >= 0.6 is 0 Å². The fourth-order valence-corrected chi connectivity index (χ4v) is 2.19. The van der Waals surface area contributed by atoms with Gasteiger partial charge in [-0.15, -0.1) is 0 Å². The number of primary amides is 1. The maximum Gasteiger partial charge on any atom is 0.222 e. The van der Waals surface area contributed by atoms with Crippen LogP contribution in [0.4, 0.5) is 5.69 Å². The van der Waals surface area contributed by atoms with Gasteiger partial charge in [0.25, 0.3) is 0 Å². The van der Waals surface area contributed by atoms with Gasteiger partial charge in [0.2, 0.25) is 5.91 Å². The molecule has 1 fully saturated rings. The summed E-state index contributed by atoms with van der Waals surface area (Å²) in [5.41, 5.74) is 7.05. The maximum atomic E-state index is 11.2. The molecule has 0 spiro atoms. The van der Waals surface area contributed by atoms with Crippen molar-refractivity contribution in [3.8, 4) is 6.07 Å². The number of carbonyl (C=O) groups excluding carboxylic acids is 1. The number of hydrogen-bond acceptors (Lipinski definition) is 3. The molecule has 17 heavy (non-hydrogen) atoms. The van der Waals surface area contributed by atoms with Crippen molar-refractivity contribution >= 4 is 11.6 Å². The van der Waals surface area contributed by atoms with Crippen molar-refractivity contribution in [3.05, 3.63) is 29.8 Å². The van der Waals surface area contributed by atoms with Crippen LogP contribution in [0.1, 0.15) is 18.4 Å². The molecule has 1 aromatic carbocycles. The summed E-state index contributed by atoms with van der Waals surface area (Å²) in [6, 6.07) is 9.52. The fraction of sp³-hybridized carbons (Fsp3) is 0.385. The zero-order valence-corrected chi connectivity index (χ0v) is 9.60. The third kappa shape index (κ3) is 2.56. The highest BCUT2D eigenvalue weighted by Gasteiger charge is 2.23. The van der Waals surface area contributed by atoms with Gasteiger partial charge in [-0.1, -0.05) is 0 Å². The summed E-state index contributed by atoms with van der Waals surface area (Å²) >= 11 is 0. The van der Waals surface area contributed by atoms with Crippen LogP contribution in [0.3, 0.4) is 0 Å². The molecular formula is C13H15N3O. The van der Waals surface area contributed by atoms with Crippen LogP contribution in [-0.4, -0.2) is 19.0 Å². The Labute approximate surface area is 101 Å². The Bertz CT molecular complexity index is 447. The summed E-state index contributed by atoms with van der Waals surface area (Å²) < 4.78 is 0. The number of hydrogen-bond donors (Lipinski definition) is 1. The van der Waals surface area contributed by atoms with E-state index in [-0.39, 0.29) is 11.8 Å². The van der Waals surface area contributed by atoms with E-state index in [4.69, 9.17) is 11.0 Å². The van der Waals surface area contributed by atoms with Crippen LogP contribution in [0.5, 0.6) is 0 Å². The summed E-state index contributed by atoms with van der Waals surface area (Å²) in [5.74, 6) is -0.275. The molecule has 0 unspecified atom stereocenters. The molecule has 1 amide bonds. The first-order chi connectivity index (χ1) is 8.20. The third-order valence-corrected chi connectivity index (χ3v) is 3.19. The van der Waals surface area contributed by atoms with E-state index in [2.05, 4.69) is 11.0 Å². The lowest BCUT2D eigenvalue weighted by Gasteiger charge is -2.33. The molecule has 1 aromatic rings. The summed E-state index contributed by atoms with van der Waals surface area (Å²) in [6.07, 6.45) is 1.86. The van der Waals surface area contributed by atoms with E-state index in [1.165, 1.54) is 0 Å². The maximum absolute atomic E-state index is 11.2. The van der Waals surface area contributed by atoms with E-state index in [9.17, 15) is 4.79 Å². The Balaban J connectivity index is 2.11. The van der Waals surface area contributed by atoms with Crippen molar-refractivity contribution in [2.75, 3.05) is 18.0 Å². The minimum atomic E-state index is -0.219. The number of amides is 1. The Hall–Kier alpha value is -2.02. The fourth-order valence-electron chi connectivity index (χ4n) is 2.19. The van der Waals surface area contributed by atoms with Crippen LogP contribution in [0, 0.1) is 17.2 Å². The molecule has 1 heterocycles. The SMILES string of the molecule is N#Cc1ccc(N2CCC[C@@H](C(N)=O)C2)cc1. The van der Waals surface area contributed by atoms with Gasteiger partial charge in [0, 0.05) is 18.8 Å². The molecule has 4 nitrogen and oxygen atoms in total. The van der Waals surface area contributed by atoms with Gasteiger partial charge < -0.3 is 10.6 Å². The Morgan fingerprint density at radius 1 is 1.41 bits per heavy atom. The predicted octanol–water partition coefficient (Wildman–Crippen LogP) is 1.26. The largest absolute Gasteiger partial charge is 0.371 e. The Kier molecular flexibility index (Phi) is 3.29. The smallest absolute Gasteiger partial charge is 0.222 e. The van der Waals surface area contributed by atoms with Crippen molar-refractivity contribution in [1.29, 1.82) is 5.26 Å². The molecule has 0 saturated carbocycles. The van der Waals surface area contributed by atoms with E-state index in [1.54, 1.807) is 12.1 Å². The molecule has 0 bridgehead atoms. The van der Waals surface area contributed by atoms with Crippen LogP contribution in [0.25, 0.3) is 0 Å². The van der Waals surface area contributed by atoms with Crippen molar-refractivity contribution in [2.45, 2.75) is 12.8 Å². The number of benzene rings is 1. The molecule has 4 heteroatoms. The molecule has 1 atom stereocenters. The molecule has 88 valence electrons. The second kappa shape index (κ2) is 4.88. The minimum Gasteiger partial charge on any atom is -0.371 e. The van der Waals surface area contributed by atoms with Crippen molar-refractivity contribution < 1.29 is 4.79 Å². The highest BCUT2D eigenvalue weighted by atomic mass is 16.1. The molecule has 1 saturated heterocycles. The normalized spacial score (nSPS) is 19.7. The molecule has 2 rings (SSSR count). The van der Waals surface area contributed by atoms with E-state index >= 15 is 0 Å². The number of piperidine rings is 1. The first kappa shape index (κ1) is 11.5. The van der Waals surface area contributed by atoms with Crippen LogP contribution in [0.15, 0.2) is 24.3 Å². The number of anilines is 1. The molecule has 0 radical (unpaired) electrons. The lowest BCUT2D eigenvalue weighted by Crippen LogP contribution is -2.41. The second-order valence-corrected chi connectivity index (χ2v) is 4.35. The van der Waals surface area contributed by atoms with E-state index in [1.807, 2.05) is 12.1 Å². The molecule has 0 aromatic heterocycles. The summed E-state index contributed by atoms with van der Waals surface area (Å²) in [7, 11) is 0. The van der Waals surface area contributed by atoms with Crippen LogP contribution < -0.4 is 10.6 Å². The van der Waals surface area contributed by atoms with Gasteiger partial charge in [-0.05, 0) is 37.1 Å². The number of rotatable bonds is 2.